The van der Waals surface area contributed by atoms with Crippen molar-refractivity contribution in [2.75, 3.05) is 13.1 Å². The molecule has 3 N–H and O–H groups in total. The molecule has 1 amide bonds. The molecule has 1 fully saturated rings. The number of carbonyl (C=O) groups is 1. The van der Waals surface area contributed by atoms with Crippen LogP contribution in [0.1, 0.15) is 39.7 Å². The van der Waals surface area contributed by atoms with Crippen LogP contribution in [0, 0.1) is 0 Å². The molecule has 0 saturated carbocycles. The topological polar surface area (TPSA) is 61.4 Å². The van der Waals surface area contributed by atoms with Crippen LogP contribution >= 0.6 is 22.9 Å². The molecule has 1 aliphatic carbocycles. The molecule has 24 heavy (non-hydrogen) atoms. The lowest BCUT2D eigenvalue weighted by Crippen LogP contribution is -2.48. The first-order chi connectivity index (χ1) is 11.6. The van der Waals surface area contributed by atoms with E-state index in [0.717, 1.165) is 31.5 Å². The summed E-state index contributed by atoms with van der Waals surface area (Å²) in [5.41, 5.74) is 1.93. The SMILES string of the molecule is O=C(N[C@@H]1c2ccccc2C2(CCNCC2)[C@H]1O)c1ccc(Cl)s1. The number of nitrogens with one attached hydrogen (secondary N) is 2. The third-order valence-electron chi connectivity index (χ3n) is 5.29. The van der Waals surface area contributed by atoms with Gasteiger partial charge in [0.25, 0.3) is 5.91 Å². The van der Waals surface area contributed by atoms with Gasteiger partial charge in [0.05, 0.1) is 21.4 Å². The van der Waals surface area contributed by atoms with Gasteiger partial charge in [-0.3, -0.25) is 4.79 Å². The molecule has 2 atom stereocenters. The summed E-state index contributed by atoms with van der Waals surface area (Å²) in [5.74, 6) is -0.184. The second-order valence-electron chi connectivity index (χ2n) is 6.49. The second kappa shape index (κ2) is 6.15. The Hall–Kier alpha value is -1.40. The van der Waals surface area contributed by atoms with Crippen LogP contribution in [0.2, 0.25) is 4.34 Å². The maximum Gasteiger partial charge on any atom is 0.261 e. The molecule has 0 unspecified atom stereocenters. The molecular weight excluding hydrogens is 344 g/mol. The predicted molar refractivity (Wildman–Crippen MR) is 95.8 cm³/mol. The second-order valence-corrected chi connectivity index (χ2v) is 8.21. The Morgan fingerprint density at radius 2 is 2.00 bits per heavy atom. The highest BCUT2D eigenvalue weighted by atomic mass is 35.5. The molecule has 126 valence electrons. The number of aliphatic hydroxyl groups is 1. The molecule has 1 saturated heterocycles. The fraction of sp³-hybridized carbons (Fsp3) is 0.389. The van der Waals surface area contributed by atoms with E-state index >= 15 is 0 Å². The van der Waals surface area contributed by atoms with E-state index in [0.29, 0.717) is 9.21 Å². The minimum absolute atomic E-state index is 0.184. The number of thiophene rings is 1. The highest BCUT2D eigenvalue weighted by Crippen LogP contribution is 2.50. The van der Waals surface area contributed by atoms with Gasteiger partial charge in [-0.25, -0.2) is 0 Å². The molecule has 2 heterocycles. The number of fused-ring (bicyclic) bond motifs is 2. The van der Waals surface area contributed by atoms with Crippen LogP contribution in [0.4, 0.5) is 0 Å². The number of piperidine rings is 1. The quantitative estimate of drug-likeness (QED) is 0.769. The fourth-order valence-electron chi connectivity index (χ4n) is 4.11. The molecule has 4 rings (SSSR count). The van der Waals surface area contributed by atoms with Crippen molar-refractivity contribution < 1.29 is 9.90 Å². The van der Waals surface area contributed by atoms with Gasteiger partial charge in [0.15, 0.2) is 0 Å². The van der Waals surface area contributed by atoms with Crippen LogP contribution in [-0.2, 0) is 5.41 Å². The van der Waals surface area contributed by atoms with Gasteiger partial charge in [-0.2, -0.15) is 0 Å². The largest absolute Gasteiger partial charge is 0.390 e. The highest BCUT2D eigenvalue weighted by molar-refractivity contribution is 7.18. The Kier molecular flexibility index (Phi) is 4.12. The number of aliphatic hydroxyl groups excluding tert-OH is 1. The number of amides is 1. The van der Waals surface area contributed by atoms with Crippen LogP contribution in [0.15, 0.2) is 36.4 Å². The maximum atomic E-state index is 12.6. The van der Waals surface area contributed by atoms with Crippen LogP contribution < -0.4 is 10.6 Å². The van der Waals surface area contributed by atoms with E-state index < -0.39 is 6.10 Å². The average molecular weight is 363 g/mol. The lowest BCUT2D eigenvalue weighted by Gasteiger charge is -2.38. The van der Waals surface area contributed by atoms with Crippen molar-refractivity contribution in [3.05, 3.63) is 56.7 Å². The number of benzene rings is 1. The zero-order valence-electron chi connectivity index (χ0n) is 13.1. The van der Waals surface area contributed by atoms with E-state index in [1.165, 1.54) is 16.9 Å². The van der Waals surface area contributed by atoms with Gasteiger partial charge in [0.2, 0.25) is 0 Å². The Morgan fingerprint density at radius 3 is 2.71 bits per heavy atom. The van der Waals surface area contributed by atoms with Crippen LogP contribution in [0.3, 0.4) is 0 Å². The number of halogens is 1. The molecule has 6 heteroatoms. The monoisotopic (exact) mass is 362 g/mol. The molecule has 1 aliphatic heterocycles. The van der Waals surface area contributed by atoms with Crippen LogP contribution in [-0.4, -0.2) is 30.2 Å². The lowest BCUT2D eigenvalue weighted by atomic mass is 9.72. The van der Waals surface area contributed by atoms with E-state index in [1.807, 2.05) is 18.2 Å². The van der Waals surface area contributed by atoms with E-state index in [4.69, 9.17) is 11.6 Å². The zero-order valence-corrected chi connectivity index (χ0v) is 14.7. The van der Waals surface area contributed by atoms with E-state index in [-0.39, 0.29) is 17.4 Å². The summed E-state index contributed by atoms with van der Waals surface area (Å²) < 4.78 is 0.586. The zero-order chi connectivity index (χ0) is 16.7. The van der Waals surface area contributed by atoms with Crippen molar-refractivity contribution in [3.63, 3.8) is 0 Å². The number of hydrogen-bond donors (Lipinski definition) is 3. The van der Waals surface area contributed by atoms with Gasteiger partial charge in [0, 0.05) is 5.41 Å². The van der Waals surface area contributed by atoms with Crippen LogP contribution in [0.25, 0.3) is 0 Å². The lowest BCUT2D eigenvalue weighted by molar-refractivity contribution is 0.0419. The van der Waals surface area contributed by atoms with Crippen molar-refractivity contribution in [3.8, 4) is 0 Å². The van der Waals surface area contributed by atoms with Gasteiger partial charge in [0.1, 0.15) is 0 Å². The molecule has 1 spiro atoms. The molecule has 1 aromatic carbocycles. The van der Waals surface area contributed by atoms with E-state index in [2.05, 4.69) is 16.7 Å². The summed E-state index contributed by atoms with van der Waals surface area (Å²) in [7, 11) is 0. The highest BCUT2D eigenvalue weighted by Gasteiger charge is 2.52. The standard InChI is InChI=1S/C18H19ClN2O2S/c19-14-6-5-13(24-14)17(23)21-15-11-3-1-2-4-12(11)18(16(15)22)7-9-20-10-8-18/h1-6,15-16,20,22H,7-10H2,(H,21,23)/t15-,16+/m1/s1. The first kappa shape index (κ1) is 16.1. The predicted octanol–water partition coefficient (Wildman–Crippen LogP) is 2.87. The van der Waals surface area contributed by atoms with Crippen molar-refractivity contribution in [1.82, 2.24) is 10.6 Å². The molecular formula is C18H19ClN2O2S. The minimum atomic E-state index is -0.614. The number of carbonyl (C=O) groups excluding carboxylic acids is 1. The van der Waals surface area contributed by atoms with Crippen molar-refractivity contribution in [1.29, 1.82) is 0 Å². The molecule has 4 nitrogen and oxygen atoms in total. The smallest absolute Gasteiger partial charge is 0.261 e. The third-order valence-corrected chi connectivity index (χ3v) is 6.52. The van der Waals surface area contributed by atoms with Crippen LogP contribution in [0.5, 0.6) is 0 Å². The summed E-state index contributed by atoms with van der Waals surface area (Å²) >= 11 is 7.18. The van der Waals surface area contributed by atoms with E-state index in [1.54, 1.807) is 12.1 Å². The van der Waals surface area contributed by atoms with Crippen molar-refractivity contribution in [2.45, 2.75) is 30.4 Å². The summed E-state index contributed by atoms with van der Waals surface area (Å²) in [6.45, 7) is 1.76. The normalized spacial score (nSPS) is 24.8. The number of rotatable bonds is 2. The average Bonchev–Trinajstić information content (AvgIpc) is 3.13. The minimum Gasteiger partial charge on any atom is -0.390 e. The summed E-state index contributed by atoms with van der Waals surface area (Å²) in [6.07, 6.45) is 1.14. The summed E-state index contributed by atoms with van der Waals surface area (Å²) in [4.78, 5) is 13.1. The Balaban J connectivity index is 1.67. The number of hydrogen-bond acceptors (Lipinski definition) is 4. The molecule has 1 aromatic heterocycles. The molecule has 2 aliphatic rings. The van der Waals surface area contributed by atoms with Gasteiger partial charge >= 0.3 is 0 Å². The van der Waals surface area contributed by atoms with E-state index in [9.17, 15) is 9.90 Å². The maximum absolute atomic E-state index is 12.6. The van der Waals surface area contributed by atoms with Crippen molar-refractivity contribution >= 4 is 28.8 Å². The third kappa shape index (κ3) is 2.47. The van der Waals surface area contributed by atoms with Crippen molar-refractivity contribution in [2.24, 2.45) is 0 Å². The Bertz CT molecular complexity index is 770. The molecule has 0 bridgehead atoms. The van der Waals surface area contributed by atoms with Gasteiger partial charge < -0.3 is 15.7 Å². The first-order valence-electron chi connectivity index (χ1n) is 8.16. The van der Waals surface area contributed by atoms with Gasteiger partial charge in [-0.1, -0.05) is 35.9 Å². The molecule has 0 radical (unpaired) electrons. The Labute approximate surface area is 149 Å². The summed E-state index contributed by atoms with van der Waals surface area (Å²) in [5, 5.41) is 17.5. The molecule has 2 aromatic rings. The van der Waals surface area contributed by atoms with Gasteiger partial charge in [-0.05, 0) is 49.2 Å². The first-order valence-corrected chi connectivity index (χ1v) is 9.36. The summed E-state index contributed by atoms with van der Waals surface area (Å²) in [6, 6.07) is 11.1. The Morgan fingerprint density at radius 1 is 1.25 bits per heavy atom. The van der Waals surface area contributed by atoms with Gasteiger partial charge in [-0.15, -0.1) is 11.3 Å². The fourth-order valence-corrected chi connectivity index (χ4v) is 5.06.